The van der Waals surface area contributed by atoms with Crippen molar-refractivity contribution in [3.63, 3.8) is 0 Å². The average molecular weight is 255 g/mol. The maximum atomic E-state index is 5.72. The second-order valence-electron chi connectivity index (χ2n) is 4.58. The summed E-state index contributed by atoms with van der Waals surface area (Å²) in [4.78, 5) is 0. The summed E-state index contributed by atoms with van der Waals surface area (Å²) >= 11 is 1.92. The Morgan fingerprint density at radius 2 is 2.12 bits per heavy atom. The third-order valence-corrected chi connectivity index (χ3v) is 3.97. The maximum absolute atomic E-state index is 5.72. The predicted molar refractivity (Wildman–Crippen MR) is 76.3 cm³/mol. The van der Waals surface area contributed by atoms with Crippen molar-refractivity contribution in [3.8, 4) is 0 Å². The van der Waals surface area contributed by atoms with E-state index < -0.39 is 0 Å². The van der Waals surface area contributed by atoms with Crippen molar-refractivity contribution in [3.05, 3.63) is 18.0 Å². The van der Waals surface area contributed by atoms with Crippen molar-refractivity contribution >= 4 is 11.8 Å². The highest BCUT2D eigenvalue weighted by molar-refractivity contribution is 7.98. The van der Waals surface area contributed by atoms with E-state index in [9.17, 15) is 0 Å². The Labute approximate surface area is 109 Å². The van der Waals surface area contributed by atoms with E-state index >= 15 is 0 Å². The van der Waals surface area contributed by atoms with Crippen LogP contribution in [0.15, 0.2) is 12.3 Å². The molecule has 1 unspecified atom stereocenters. The Balaban J connectivity index is 2.35. The highest BCUT2D eigenvalue weighted by atomic mass is 32.2. The van der Waals surface area contributed by atoms with Gasteiger partial charge in [-0.15, -0.1) is 0 Å². The van der Waals surface area contributed by atoms with Gasteiger partial charge in [0.15, 0.2) is 0 Å². The van der Waals surface area contributed by atoms with Gasteiger partial charge in [-0.3, -0.25) is 4.68 Å². The molecule has 0 aliphatic rings. The Morgan fingerprint density at radius 3 is 2.71 bits per heavy atom. The van der Waals surface area contributed by atoms with Crippen LogP contribution in [-0.4, -0.2) is 21.6 Å². The second kappa shape index (κ2) is 7.77. The molecule has 0 aromatic carbocycles. The second-order valence-corrected chi connectivity index (χ2v) is 5.68. The molecule has 3 nitrogen and oxygen atoms in total. The lowest BCUT2D eigenvalue weighted by Crippen LogP contribution is -2.15. The molecule has 0 amide bonds. The van der Waals surface area contributed by atoms with Crippen molar-refractivity contribution in [1.82, 2.24) is 9.78 Å². The van der Waals surface area contributed by atoms with Crippen LogP contribution in [0.5, 0.6) is 0 Å². The van der Waals surface area contributed by atoms with E-state index in [1.54, 1.807) is 0 Å². The van der Waals surface area contributed by atoms with Gasteiger partial charge in [-0.1, -0.05) is 13.8 Å². The minimum absolute atomic E-state index is 0.310. The van der Waals surface area contributed by atoms with Gasteiger partial charge in [0.05, 0.1) is 11.7 Å². The fourth-order valence-corrected chi connectivity index (χ4v) is 2.81. The Kier molecular flexibility index (Phi) is 6.66. The van der Waals surface area contributed by atoms with Gasteiger partial charge >= 0.3 is 0 Å². The molecule has 4 heteroatoms. The quantitative estimate of drug-likeness (QED) is 0.725. The molecule has 1 aromatic heterocycles. The summed E-state index contributed by atoms with van der Waals surface area (Å²) < 4.78 is 2.11. The first-order valence-electron chi connectivity index (χ1n) is 6.54. The third kappa shape index (κ3) is 5.13. The summed E-state index contributed by atoms with van der Waals surface area (Å²) in [6, 6.07) is 3.00. The maximum Gasteiger partial charge on any atom is 0.0723 e. The molecule has 1 heterocycles. The van der Waals surface area contributed by atoms with Crippen LogP contribution in [-0.2, 0) is 5.75 Å². The first-order chi connectivity index (χ1) is 8.17. The van der Waals surface area contributed by atoms with Gasteiger partial charge in [0.2, 0.25) is 0 Å². The summed E-state index contributed by atoms with van der Waals surface area (Å²) in [6.45, 7) is 6.49. The normalized spacial score (nSPS) is 13.2. The topological polar surface area (TPSA) is 43.8 Å². The zero-order chi connectivity index (χ0) is 12.7. The molecular weight excluding hydrogens is 230 g/mol. The van der Waals surface area contributed by atoms with Gasteiger partial charge in [0.1, 0.15) is 0 Å². The Morgan fingerprint density at radius 1 is 1.41 bits per heavy atom. The van der Waals surface area contributed by atoms with Gasteiger partial charge < -0.3 is 5.73 Å². The van der Waals surface area contributed by atoms with Crippen LogP contribution in [0.25, 0.3) is 0 Å². The third-order valence-electron chi connectivity index (χ3n) is 2.95. The lowest BCUT2D eigenvalue weighted by atomic mass is 10.2. The summed E-state index contributed by atoms with van der Waals surface area (Å²) in [7, 11) is 0. The fourth-order valence-electron chi connectivity index (χ4n) is 1.77. The zero-order valence-electron chi connectivity index (χ0n) is 11.2. The van der Waals surface area contributed by atoms with Gasteiger partial charge in [-0.2, -0.15) is 16.9 Å². The molecule has 0 aliphatic carbocycles. The molecule has 1 atom stereocenters. The number of nitrogens with two attached hydrogens (primary N) is 1. The van der Waals surface area contributed by atoms with Crippen molar-refractivity contribution in [2.24, 2.45) is 5.73 Å². The molecule has 2 N–H and O–H groups in total. The van der Waals surface area contributed by atoms with Crippen LogP contribution in [0.2, 0.25) is 0 Å². The van der Waals surface area contributed by atoms with E-state index in [-0.39, 0.29) is 0 Å². The van der Waals surface area contributed by atoms with Crippen LogP contribution >= 0.6 is 11.8 Å². The zero-order valence-corrected chi connectivity index (χ0v) is 12.0. The Hall–Kier alpha value is -0.480. The SMILES string of the molecule is CCC(CC)n1ccc(CSCCC(C)N)n1. The van der Waals surface area contributed by atoms with Crippen LogP contribution < -0.4 is 5.73 Å². The number of hydrogen-bond acceptors (Lipinski definition) is 3. The molecule has 0 radical (unpaired) electrons. The van der Waals surface area contributed by atoms with Crippen LogP contribution in [0.3, 0.4) is 0 Å². The molecule has 0 fully saturated rings. The largest absolute Gasteiger partial charge is 0.328 e. The number of nitrogens with zero attached hydrogens (tertiary/aromatic N) is 2. The highest BCUT2D eigenvalue weighted by Gasteiger charge is 2.07. The summed E-state index contributed by atoms with van der Waals surface area (Å²) in [5.41, 5.74) is 6.91. The monoisotopic (exact) mass is 255 g/mol. The molecule has 0 aliphatic heterocycles. The van der Waals surface area contributed by atoms with Crippen LogP contribution in [0.1, 0.15) is 51.8 Å². The highest BCUT2D eigenvalue weighted by Crippen LogP contribution is 2.17. The average Bonchev–Trinajstić information content (AvgIpc) is 2.75. The molecule has 1 rings (SSSR count). The molecule has 0 saturated heterocycles. The molecule has 0 bridgehead atoms. The van der Waals surface area contributed by atoms with E-state index in [0.717, 1.165) is 30.8 Å². The predicted octanol–water partition coefficient (Wildman–Crippen LogP) is 3.21. The summed E-state index contributed by atoms with van der Waals surface area (Å²) in [5.74, 6) is 2.12. The molecule has 0 saturated carbocycles. The van der Waals surface area contributed by atoms with E-state index in [1.807, 2.05) is 11.8 Å². The first-order valence-corrected chi connectivity index (χ1v) is 7.70. The standard InChI is InChI=1S/C13H25N3S/c1-4-13(5-2)16-8-6-12(15-16)10-17-9-7-11(3)14/h6,8,11,13H,4-5,7,9-10,14H2,1-3H3. The summed E-state index contributed by atoms with van der Waals surface area (Å²) in [5, 5.41) is 4.63. The number of rotatable bonds is 8. The minimum Gasteiger partial charge on any atom is -0.328 e. The Bertz CT molecular complexity index is 305. The smallest absolute Gasteiger partial charge is 0.0723 e. The fraction of sp³-hybridized carbons (Fsp3) is 0.769. The van der Waals surface area contributed by atoms with Crippen LogP contribution in [0, 0.1) is 0 Å². The molecule has 98 valence electrons. The summed E-state index contributed by atoms with van der Waals surface area (Å²) in [6.07, 6.45) is 5.49. The van der Waals surface area contributed by atoms with Crippen molar-refractivity contribution < 1.29 is 0 Å². The lowest BCUT2D eigenvalue weighted by Gasteiger charge is -2.12. The molecular formula is C13H25N3S. The number of aromatic nitrogens is 2. The first kappa shape index (κ1) is 14.6. The van der Waals surface area contributed by atoms with E-state index in [4.69, 9.17) is 5.73 Å². The van der Waals surface area contributed by atoms with Gasteiger partial charge in [-0.05, 0) is 38.0 Å². The van der Waals surface area contributed by atoms with Gasteiger partial charge in [-0.25, -0.2) is 0 Å². The minimum atomic E-state index is 0.310. The van der Waals surface area contributed by atoms with Crippen molar-refractivity contribution in [2.75, 3.05) is 5.75 Å². The number of thioether (sulfide) groups is 1. The van der Waals surface area contributed by atoms with Gasteiger partial charge in [0, 0.05) is 18.0 Å². The van der Waals surface area contributed by atoms with E-state index in [1.165, 1.54) is 5.69 Å². The van der Waals surface area contributed by atoms with E-state index in [2.05, 4.69) is 42.8 Å². The van der Waals surface area contributed by atoms with Crippen LogP contribution in [0.4, 0.5) is 0 Å². The number of hydrogen-bond donors (Lipinski definition) is 1. The van der Waals surface area contributed by atoms with Crippen molar-refractivity contribution in [2.45, 2.75) is 57.9 Å². The van der Waals surface area contributed by atoms with E-state index in [0.29, 0.717) is 12.1 Å². The van der Waals surface area contributed by atoms with Gasteiger partial charge in [0.25, 0.3) is 0 Å². The lowest BCUT2D eigenvalue weighted by molar-refractivity contribution is 0.426. The molecule has 17 heavy (non-hydrogen) atoms. The van der Waals surface area contributed by atoms with Crippen molar-refractivity contribution in [1.29, 1.82) is 0 Å². The molecule has 0 spiro atoms. The molecule has 1 aromatic rings.